The Hall–Kier alpha value is -2.29. The number of hydrogen-bond donors (Lipinski definition) is 0. The van der Waals surface area contributed by atoms with Gasteiger partial charge in [0.2, 0.25) is 0 Å². The first-order chi connectivity index (χ1) is 9.26. The van der Waals surface area contributed by atoms with Gasteiger partial charge in [-0.2, -0.15) is 0 Å². The first-order valence-corrected chi connectivity index (χ1v) is 6.30. The summed E-state index contributed by atoms with van der Waals surface area (Å²) in [4.78, 5) is 11.8. The summed E-state index contributed by atoms with van der Waals surface area (Å²) in [6.45, 7) is 6.72. The summed E-state index contributed by atoms with van der Waals surface area (Å²) >= 11 is 0. The van der Waals surface area contributed by atoms with Crippen LogP contribution in [0.25, 0.3) is 11.3 Å². The largest absolute Gasteiger partial charge is 0.490 e. The van der Waals surface area contributed by atoms with Gasteiger partial charge in [-0.15, -0.1) is 0 Å². The maximum Gasteiger partial charge on any atom is 0.250 e. The van der Waals surface area contributed by atoms with Crippen LogP contribution in [-0.2, 0) is 6.54 Å². The quantitative estimate of drug-likeness (QED) is 0.769. The van der Waals surface area contributed by atoms with Crippen LogP contribution in [0.15, 0.2) is 59.9 Å². The van der Waals surface area contributed by atoms with E-state index in [0.717, 1.165) is 17.0 Å². The lowest BCUT2D eigenvalue weighted by Crippen LogP contribution is -2.19. The molecule has 0 fully saturated rings. The third-order valence-electron chi connectivity index (χ3n) is 2.88. The van der Waals surface area contributed by atoms with Gasteiger partial charge in [0.25, 0.3) is 5.56 Å². The van der Waals surface area contributed by atoms with Gasteiger partial charge in [-0.3, -0.25) is 4.79 Å². The predicted octanol–water partition coefficient (Wildman–Crippen LogP) is 3.10. The number of rotatable bonds is 5. The molecule has 0 N–H and O–H groups in total. The molecule has 0 amide bonds. The first kappa shape index (κ1) is 13.1. The number of benzene rings is 1. The van der Waals surface area contributed by atoms with Crippen molar-refractivity contribution in [2.24, 2.45) is 0 Å². The van der Waals surface area contributed by atoms with E-state index in [0.29, 0.717) is 13.2 Å². The molecule has 3 heteroatoms. The minimum absolute atomic E-state index is 0.0204. The van der Waals surface area contributed by atoms with Crippen LogP contribution in [0.1, 0.15) is 6.92 Å². The molecule has 0 bridgehead atoms. The summed E-state index contributed by atoms with van der Waals surface area (Å²) in [5.41, 5.74) is 1.95. The van der Waals surface area contributed by atoms with Crippen molar-refractivity contribution >= 4 is 0 Å². The zero-order chi connectivity index (χ0) is 13.7. The fourth-order valence-electron chi connectivity index (χ4n) is 1.98. The molecule has 0 unspecified atom stereocenters. The van der Waals surface area contributed by atoms with Crippen molar-refractivity contribution in [2.45, 2.75) is 13.5 Å². The molecule has 0 aliphatic carbocycles. The van der Waals surface area contributed by atoms with E-state index in [4.69, 9.17) is 4.74 Å². The molecule has 0 radical (unpaired) electrons. The van der Waals surface area contributed by atoms with Gasteiger partial charge in [0.15, 0.2) is 0 Å². The lowest BCUT2D eigenvalue weighted by molar-refractivity contribution is 0.363. The van der Waals surface area contributed by atoms with E-state index in [1.54, 1.807) is 22.8 Å². The molecule has 1 aromatic carbocycles. The number of ether oxygens (including phenoxy) is 1. The molecule has 0 aliphatic heterocycles. The van der Waals surface area contributed by atoms with E-state index in [-0.39, 0.29) is 5.56 Å². The van der Waals surface area contributed by atoms with Crippen molar-refractivity contribution in [1.29, 1.82) is 0 Å². The smallest absolute Gasteiger partial charge is 0.250 e. The maximum absolute atomic E-state index is 11.8. The molecule has 2 aromatic rings. The molecule has 19 heavy (non-hydrogen) atoms. The van der Waals surface area contributed by atoms with Gasteiger partial charge in [-0.1, -0.05) is 18.7 Å². The Morgan fingerprint density at radius 1 is 1.21 bits per heavy atom. The van der Waals surface area contributed by atoms with Gasteiger partial charge in [0.1, 0.15) is 12.4 Å². The third-order valence-corrected chi connectivity index (χ3v) is 2.88. The highest BCUT2D eigenvalue weighted by molar-refractivity contribution is 5.60. The van der Waals surface area contributed by atoms with Crippen molar-refractivity contribution in [3.8, 4) is 17.0 Å². The Balaban J connectivity index is 2.34. The third kappa shape index (κ3) is 2.94. The Morgan fingerprint density at radius 3 is 2.58 bits per heavy atom. The van der Waals surface area contributed by atoms with Gasteiger partial charge >= 0.3 is 0 Å². The molecule has 1 aromatic heterocycles. The number of nitrogens with zero attached hydrogens (tertiary/aromatic N) is 1. The summed E-state index contributed by atoms with van der Waals surface area (Å²) in [5.74, 6) is 0.796. The van der Waals surface area contributed by atoms with Crippen LogP contribution in [-0.4, -0.2) is 11.2 Å². The van der Waals surface area contributed by atoms with Crippen LogP contribution in [0, 0.1) is 0 Å². The van der Waals surface area contributed by atoms with Gasteiger partial charge in [-0.05, 0) is 42.8 Å². The molecule has 0 saturated heterocycles. The fourth-order valence-corrected chi connectivity index (χ4v) is 1.98. The van der Waals surface area contributed by atoms with E-state index in [1.807, 2.05) is 37.3 Å². The maximum atomic E-state index is 11.8. The van der Waals surface area contributed by atoms with Crippen LogP contribution in [0.3, 0.4) is 0 Å². The van der Waals surface area contributed by atoms with Crippen molar-refractivity contribution in [2.75, 3.05) is 6.61 Å². The summed E-state index contributed by atoms with van der Waals surface area (Å²) < 4.78 is 7.19. The zero-order valence-electron chi connectivity index (χ0n) is 11.0. The summed E-state index contributed by atoms with van der Waals surface area (Å²) in [7, 11) is 0. The van der Waals surface area contributed by atoms with Gasteiger partial charge in [0, 0.05) is 12.6 Å². The molecule has 0 atom stereocenters. The second kappa shape index (κ2) is 6.05. The van der Waals surface area contributed by atoms with E-state index in [2.05, 4.69) is 6.58 Å². The molecular formula is C16H17NO2. The van der Waals surface area contributed by atoms with Crippen LogP contribution in [0.4, 0.5) is 0 Å². The SMILES string of the molecule is C=CCOc1ccc(-c2cccc(=O)n2CC)cc1. The van der Waals surface area contributed by atoms with E-state index in [9.17, 15) is 4.79 Å². The second-order valence-corrected chi connectivity index (χ2v) is 4.12. The van der Waals surface area contributed by atoms with Gasteiger partial charge < -0.3 is 9.30 Å². The first-order valence-electron chi connectivity index (χ1n) is 6.30. The topological polar surface area (TPSA) is 31.2 Å². The number of aromatic nitrogens is 1. The molecule has 2 rings (SSSR count). The molecule has 1 heterocycles. The molecular weight excluding hydrogens is 238 g/mol. The lowest BCUT2D eigenvalue weighted by atomic mass is 10.1. The lowest BCUT2D eigenvalue weighted by Gasteiger charge is -2.11. The summed E-state index contributed by atoms with van der Waals surface area (Å²) in [6.07, 6.45) is 1.71. The molecule has 98 valence electrons. The highest BCUT2D eigenvalue weighted by atomic mass is 16.5. The molecule has 0 saturated carbocycles. The number of pyridine rings is 1. The standard InChI is InChI=1S/C16H17NO2/c1-3-12-19-14-10-8-13(9-11-14)15-6-5-7-16(18)17(15)4-2/h3,5-11H,1,4,12H2,2H3. The average molecular weight is 255 g/mol. The monoisotopic (exact) mass is 255 g/mol. The van der Waals surface area contributed by atoms with Crippen LogP contribution >= 0.6 is 0 Å². The van der Waals surface area contributed by atoms with Crippen molar-refractivity contribution in [3.63, 3.8) is 0 Å². The van der Waals surface area contributed by atoms with E-state index < -0.39 is 0 Å². The summed E-state index contributed by atoms with van der Waals surface area (Å²) in [5, 5.41) is 0. The van der Waals surface area contributed by atoms with E-state index in [1.165, 1.54) is 0 Å². The van der Waals surface area contributed by atoms with E-state index >= 15 is 0 Å². The predicted molar refractivity (Wildman–Crippen MR) is 77.5 cm³/mol. The van der Waals surface area contributed by atoms with Crippen LogP contribution < -0.4 is 10.3 Å². The fraction of sp³-hybridized carbons (Fsp3) is 0.188. The van der Waals surface area contributed by atoms with Gasteiger partial charge in [0.05, 0.1) is 5.69 Å². The average Bonchev–Trinajstić information content (AvgIpc) is 2.45. The van der Waals surface area contributed by atoms with Crippen molar-refractivity contribution in [1.82, 2.24) is 4.57 Å². The second-order valence-electron chi connectivity index (χ2n) is 4.12. The zero-order valence-corrected chi connectivity index (χ0v) is 11.0. The molecule has 3 nitrogen and oxygen atoms in total. The normalized spacial score (nSPS) is 10.2. The van der Waals surface area contributed by atoms with Gasteiger partial charge in [-0.25, -0.2) is 0 Å². The van der Waals surface area contributed by atoms with Crippen molar-refractivity contribution < 1.29 is 4.74 Å². The molecule has 0 aliphatic rings. The molecule has 0 spiro atoms. The Labute approximate surface area is 112 Å². The Kier molecular flexibility index (Phi) is 4.18. The highest BCUT2D eigenvalue weighted by Gasteiger charge is 2.04. The minimum atomic E-state index is 0.0204. The summed E-state index contributed by atoms with van der Waals surface area (Å²) in [6, 6.07) is 13.0. The Morgan fingerprint density at radius 2 is 1.95 bits per heavy atom. The van der Waals surface area contributed by atoms with Crippen LogP contribution in [0.5, 0.6) is 5.75 Å². The highest BCUT2D eigenvalue weighted by Crippen LogP contribution is 2.21. The minimum Gasteiger partial charge on any atom is -0.490 e. The number of hydrogen-bond acceptors (Lipinski definition) is 2. The van der Waals surface area contributed by atoms with Crippen LogP contribution in [0.2, 0.25) is 0 Å². The van der Waals surface area contributed by atoms with Crippen molar-refractivity contribution in [3.05, 3.63) is 65.5 Å². The Bertz CT molecular complexity index is 611.